The first-order valence-corrected chi connectivity index (χ1v) is 7.52. The lowest BCUT2D eigenvalue weighted by Crippen LogP contribution is -2.20. The predicted molar refractivity (Wildman–Crippen MR) is 75.3 cm³/mol. The summed E-state index contributed by atoms with van der Waals surface area (Å²) >= 11 is 1.95. The number of nitrogens with one attached hydrogen (secondary N) is 2. The first-order chi connectivity index (χ1) is 9.22. The molecule has 2 heterocycles. The van der Waals surface area contributed by atoms with E-state index < -0.39 is 5.76 Å². The number of H-pyrrole nitrogens is 1. The van der Waals surface area contributed by atoms with Crippen molar-refractivity contribution < 1.29 is 8.81 Å². The number of oxazole rings is 1. The molecule has 1 aliphatic heterocycles. The molecule has 0 amide bonds. The lowest BCUT2D eigenvalue weighted by Gasteiger charge is -2.22. The van der Waals surface area contributed by atoms with Crippen molar-refractivity contribution in [2.24, 2.45) is 5.92 Å². The monoisotopic (exact) mass is 282 g/mol. The van der Waals surface area contributed by atoms with Crippen LogP contribution in [0.15, 0.2) is 21.3 Å². The van der Waals surface area contributed by atoms with Crippen LogP contribution in [0.1, 0.15) is 12.8 Å². The number of benzene rings is 1. The number of hydrogen-bond donors (Lipinski definition) is 2. The number of hydrogen-bond acceptors (Lipinski definition) is 4. The van der Waals surface area contributed by atoms with Crippen molar-refractivity contribution in [1.82, 2.24) is 4.98 Å². The van der Waals surface area contributed by atoms with E-state index in [0.717, 1.165) is 12.3 Å². The zero-order valence-corrected chi connectivity index (χ0v) is 11.2. The van der Waals surface area contributed by atoms with Gasteiger partial charge >= 0.3 is 5.76 Å². The Morgan fingerprint density at radius 3 is 3.21 bits per heavy atom. The Hall–Kier alpha value is -1.43. The normalized spacial score (nSPS) is 19.7. The number of fused-ring (bicyclic) bond motifs is 1. The minimum absolute atomic E-state index is 0.368. The maximum Gasteiger partial charge on any atom is 0.417 e. The van der Waals surface area contributed by atoms with Gasteiger partial charge in [0, 0.05) is 18.7 Å². The lowest BCUT2D eigenvalue weighted by molar-refractivity contribution is 0.544. The Bertz CT molecular complexity index is 631. The second-order valence-corrected chi connectivity index (χ2v) is 5.96. The summed E-state index contributed by atoms with van der Waals surface area (Å²) in [6.07, 6.45) is 2.41. The predicted octanol–water partition coefficient (Wildman–Crippen LogP) is 2.82. The maximum atomic E-state index is 13.9. The van der Waals surface area contributed by atoms with Crippen LogP contribution >= 0.6 is 11.8 Å². The van der Waals surface area contributed by atoms with E-state index in [2.05, 4.69) is 10.3 Å². The fraction of sp³-hybridized carbons (Fsp3) is 0.462. The molecule has 19 heavy (non-hydrogen) atoms. The van der Waals surface area contributed by atoms with Gasteiger partial charge in [-0.15, -0.1) is 0 Å². The van der Waals surface area contributed by atoms with Gasteiger partial charge in [-0.2, -0.15) is 11.8 Å². The zero-order valence-electron chi connectivity index (χ0n) is 10.4. The number of aromatic nitrogens is 1. The van der Waals surface area contributed by atoms with Gasteiger partial charge in [-0.05, 0) is 30.3 Å². The van der Waals surface area contributed by atoms with Crippen molar-refractivity contribution in [3.8, 4) is 0 Å². The van der Waals surface area contributed by atoms with Crippen LogP contribution in [0.5, 0.6) is 0 Å². The molecule has 0 spiro atoms. The van der Waals surface area contributed by atoms with Crippen LogP contribution in [0.3, 0.4) is 0 Å². The number of aromatic amines is 1. The molecule has 0 saturated carbocycles. The molecule has 1 aliphatic rings. The Labute approximate surface area is 113 Å². The van der Waals surface area contributed by atoms with Crippen LogP contribution in [-0.2, 0) is 0 Å². The highest BCUT2D eigenvalue weighted by molar-refractivity contribution is 7.99. The molecular weight excluding hydrogens is 267 g/mol. The Balaban J connectivity index is 1.76. The standard InChI is InChI=1S/C13H15FN2O2S/c14-9-4-11-12(18-13(17)16-11)5-10(9)15-6-8-2-1-3-19-7-8/h4-5,8,15H,1-3,6-7H2,(H,16,17). The molecule has 1 unspecified atom stereocenters. The molecular formula is C13H15FN2O2S. The molecule has 1 aromatic heterocycles. The molecule has 2 N–H and O–H groups in total. The lowest BCUT2D eigenvalue weighted by atomic mass is 10.1. The van der Waals surface area contributed by atoms with E-state index in [1.807, 2.05) is 11.8 Å². The third kappa shape index (κ3) is 2.78. The van der Waals surface area contributed by atoms with Gasteiger partial charge in [-0.25, -0.2) is 9.18 Å². The summed E-state index contributed by atoms with van der Waals surface area (Å²) in [6, 6.07) is 2.83. The van der Waals surface area contributed by atoms with E-state index in [1.165, 1.54) is 24.7 Å². The number of anilines is 1. The molecule has 1 aromatic carbocycles. The van der Waals surface area contributed by atoms with Crippen LogP contribution in [0.2, 0.25) is 0 Å². The highest BCUT2D eigenvalue weighted by Crippen LogP contribution is 2.25. The fourth-order valence-electron chi connectivity index (χ4n) is 2.33. The third-order valence-electron chi connectivity index (χ3n) is 3.34. The molecule has 1 saturated heterocycles. The molecule has 0 radical (unpaired) electrons. The van der Waals surface area contributed by atoms with Crippen molar-refractivity contribution >= 4 is 28.5 Å². The van der Waals surface area contributed by atoms with Crippen LogP contribution in [0.4, 0.5) is 10.1 Å². The molecule has 0 aliphatic carbocycles. The van der Waals surface area contributed by atoms with E-state index in [9.17, 15) is 9.18 Å². The van der Waals surface area contributed by atoms with Crippen molar-refractivity contribution in [1.29, 1.82) is 0 Å². The van der Waals surface area contributed by atoms with E-state index in [0.29, 0.717) is 22.7 Å². The SMILES string of the molecule is O=c1[nH]c2cc(F)c(NCC3CCCSC3)cc2o1. The average molecular weight is 282 g/mol. The van der Waals surface area contributed by atoms with Crippen LogP contribution in [0.25, 0.3) is 11.1 Å². The largest absolute Gasteiger partial charge is 0.417 e. The van der Waals surface area contributed by atoms with Crippen molar-refractivity contribution in [2.45, 2.75) is 12.8 Å². The number of halogens is 1. The van der Waals surface area contributed by atoms with Gasteiger partial charge in [0.15, 0.2) is 5.58 Å². The minimum atomic E-state index is -0.560. The summed E-state index contributed by atoms with van der Waals surface area (Å²) < 4.78 is 18.8. The van der Waals surface area contributed by atoms with Crippen molar-refractivity contribution in [2.75, 3.05) is 23.4 Å². The van der Waals surface area contributed by atoms with Gasteiger partial charge in [-0.1, -0.05) is 0 Å². The Morgan fingerprint density at radius 2 is 2.42 bits per heavy atom. The fourth-order valence-corrected chi connectivity index (χ4v) is 3.48. The number of rotatable bonds is 3. The molecule has 1 atom stereocenters. The van der Waals surface area contributed by atoms with Crippen LogP contribution < -0.4 is 11.1 Å². The maximum absolute atomic E-state index is 13.9. The zero-order chi connectivity index (χ0) is 13.2. The van der Waals surface area contributed by atoms with Gasteiger partial charge in [0.2, 0.25) is 0 Å². The van der Waals surface area contributed by atoms with E-state index in [-0.39, 0.29) is 5.82 Å². The smallest absolute Gasteiger partial charge is 0.408 e. The first kappa shape index (κ1) is 12.6. The van der Waals surface area contributed by atoms with Gasteiger partial charge in [0.25, 0.3) is 0 Å². The van der Waals surface area contributed by atoms with Crippen LogP contribution in [0, 0.1) is 11.7 Å². The Morgan fingerprint density at radius 1 is 1.53 bits per heavy atom. The summed E-state index contributed by atoms with van der Waals surface area (Å²) in [4.78, 5) is 13.5. The minimum Gasteiger partial charge on any atom is -0.408 e. The third-order valence-corrected chi connectivity index (χ3v) is 4.63. The Kier molecular flexibility index (Phi) is 3.50. The second kappa shape index (κ2) is 5.28. The van der Waals surface area contributed by atoms with Crippen molar-refractivity contribution in [3.05, 3.63) is 28.5 Å². The molecule has 2 aromatic rings. The van der Waals surface area contributed by atoms with E-state index >= 15 is 0 Å². The molecule has 4 nitrogen and oxygen atoms in total. The molecule has 6 heteroatoms. The molecule has 3 rings (SSSR count). The quantitative estimate of drug-likeness (QED) is 0.909. The highest BCUT2D eigenvalue weighted by atomic mass is 32.2. The summed E-state index contributed by atoms with van der Waals surface area (Å²) in [6.45, 7) is 0.754. The average Bonchev–Trinajstić information content (AvgIpc) is 2.76. The molecule has 1 fully saturated rings. The van der Waals surface area contributed by atoms with Crippen molar-refractivity contribution in [3.63, 3.8) is 0 Å². The van der Waals surface area contributed by atoms with Gasteiger partial charge < -0.3 is 9.73 Å². The summed E-state index contributed by atoms with van der Waals surface area (Å²) in [5.41, 5.74) is 1.17. The van der Waals surface area contributed by atoms with E-state index in [4.69, 9.17) is 4.42 Å². The second-order valence-electron chi connectivity index (χ2n) is 4.81. The van der Waals surface area contributed by atoms with Gasteiger partial charge in [0.05, 0.1) is 11.2 Å². The first-order valence-electron chi connectivity index (χ1n) is 6.36. The molecule has 102 valence electrons. The highest BCUT2D eigenvalue weighted by Gasteiger charge is 2.15. The molecule has 0 bridgehead atoms. The van der Waals surface area contributed by atoms with Gasteiger partial charge in [-0.3, -0.25) is 4.98 Å². The number of thioether (sulfide) groups is 1. The summed E-state index contributed by atoms with van der Waals surface area (Å²) in [5.74, 6) is 2.00. The van der Waals surface area contributed by atoms with Crippen LogP contribution in [-0.4, -0.2) is 23.0 Å². The van der Waals surface area contributed by atoms with Gasteiger partial charge in [0.1, 0.15) is 5.82 Å². The van der Waals surface area contributed by atoms with E-state index in [1.54, 1.807) is 6.07 Å². The topological polar surface area (TPSA) is 58.0 Å². The summed E-state index contributed by atoms with van der Waals surface area (Å²) in [5, 5.41) is 3.12. The summed E-state index contributed by atoms with van der Waals surface area (Å²) in [7, 11) is 0.